The first kappa shape index (κ1) is 18.8. The topological polar surface area (TPSA) is 62.4 Å². The summed E-state index contributed by atoms with van der Waals surface area (Å²) in [5.41, 5.74) is 3.00. The number of esters is 1. The fraction of sp³-hybridized carbons (Fsp3) is 0.364. The number of methoxy groups -OCH3 is 1. The third-order valence-corrected chi connectivity index (χ3v) is 6.03. The van der Waals surface area contributed by atoms with Gasteiger partial charge in [-0.15, -0.1) is 0 Å². The highest BCUT2D eigenvalue weighted by molar-refractivity contribution is 6.31. The van der Waals surface area contributed by atoms with Gasteiger partial charge in [0, 0.05) is 39.9 Å². The zero-order valence-corrected chi connectivity index (χ0v) is 16.8. The van der Waals surface area contributed by atoms with Crippen molar-refractivity contribution in [2.45, 2.75) is 25.7 Å². The van der Waals surface area contributed by atoms with E-state index in [1.54, 1.807) is 0 Å². The molecule has 2 aromatic carbocycles. The van der Waals surface area contributed by atoms with Gasteiger partial charge in [-0.3, -0.25) is 9.59 Å². The van der Waals surface area contributed by atoms with Crippen LogP contribution in [0.3, 0.4) is 0 Å². The predicted octanol–water partition coefficient (Wildman–Crippen LogP) is 4.49. The van der Waals surface area contributed by atoms with E-state index in [-0.39, 0.29) is 23.7 Å². The first-order valence-corrected chi connectivity index (χ1v) is 9.93. The second-order valence-electron chi connectivity index (χ2n) is 7.46. The van der Waals surface area contributed by atoms with Crippen molar-refractivity contribution in [1.29, 1.82) is 0 Å². The predicted molar refractivity (Wildman–Crippen MR) is 111 cm³/mol. The largest absolute Gasteiger partial charge is 0.469 e. The molecule has 1 saturated heterocycles. The number of carbonyl (C=O) groups excluding carboxylic acids is 2. The Labute approximate surface area is 168 Å². The molecule has 6 heteroatoms. The van der Waals surface area contributed by atoms with E-state index in [0.717, 1.165) is 27.4 Å². The van der Waals surface area contributed by atoms with Crippen LogP contribution in [0.1, 0.15) is 31.2 Å². The van der Waals surface area contributed by atoms with Crippen LogP contribution >= 0.6 is 11.6 Å². The number of hydrogen-bond acceptors (Lipinski definition) is 3. The van der Waals surface area contributed by atoms with Crippen LogP contribution in [0.5, 0.6) is 0 Å². The fourth-order valence-electron chi connectivity index (χ4n) is 4.08. The number of piperidine rings is 1. The monoisotopic (exact) mass is 398 g/mol. The normalized spacial score (nSPS) is 16.5. The minimum absolute atomic E-state index is 0.0983. The molecule has 4 rings (SSSR count). The summed E-state index contributed by atoms with van der Waals surface area (Å²) in [5, 5.41) is 2.88. The van der Waals surface area contributed by atoms with Crippen LogP contribution in [0.2, 0.25) is 5.02 Å². The molecule has 0 saturated carbocycles. The summed E-state index contributed by atoms with van der Waals surface area (Å²) in [7, 11) is 1.41. The van der Waals surface area contributed by atoms with Crippen LogP contribution in [0.15, 0.2) is 36.4 Å². The summed E-state index contributed by atoms with van der Waals surface area (Å²) in [4.78, 5) is 29.9. The fourth-order valence-corrected chi connectivity index (χ4v) is 4.25. The van der Waals surface area contributed by atoms with E-state index in [0.29, 0.717) is 31.0 Å². The number of amides is 1. The SMILES string of the molecule is COC(=O)C1CCN(C(=O)C(C)c2ccc3c(c2)[nH]c2ccc(Cl)cc23)CC1. The van der Waals surface area contributed by atoms with E-state index in [2.05, 4.69) is 4.98 Å². The minimum atomic E-state index is -0.242. The molecule has 1 atom stereocenters. The maximum absolute atomic E-state index is 13.0. The lowest BCUT2D eigenvalue weighted by atomic mass is 9.94. The molecular weight excluding hydrogens is 376 g/mol. The van der Waals surface area contributed by atoms with E-state index in [1.165, 1.54) is 7.11 Å². The zero-order valence-electron chi connectivity index (χ0n) is 16.0. The van der Waals surface area contributed by atoms with Crippen molar-refractivity contribution in [3.8, 4) is 0 Å². The Kier molecular flexibility index (Phi) is 5.02. The number of nitrogens with zero attached hydrogens (tertiary/aromatic N) is 1. The van der Waals surface area contributed by atoms with Crippen molar-refractivity contribution in [2.75, 3.05) is 20.2 Å². The number of nitrogens with one attached hydrogen (secondary N) is 1. The first-order chi connectivity index (χ1) is 13.5. The van der Waals surface area contributed by atoms with Crippen LogP contribution in [-0.4, -0.2) is 42.0 Å². The summed E-state index contributed by atoms with van der Waals surface area (Å²) in [5.74, 6) is -0.417. The molecule has 5 nitrogen and oxygen atoms in total. The number of benzene rings is 2. The summed E-state index contributed by atoms with van der Waals surface area (Å²) in [6.07, 6.45) is 1.32. The Bertz CT molecular complexity index is 1050. The van der Waals surface area contributed by atoms with Crippen molar-refractivity contribution in [3.63, 3.8) is 0 Å². The highest BCUT2D eigenvalue weighted by Gasteiger charge is 2.30. The Morgan fingerprint density at radius 2 is 1.86 bits per heavy atom. The minimum Gasteiger partial charge on any atom is -0.469 e. The molecule has 0 aliphatic carbocycles. The van der Waals surface area contributed by atoms with Gasteiger partial charge in [-0.1, -0.05) is 23.7 Å². The van der Waals surface area contributed by atoms with Crippen LogP contribution in [0, 0.1) is 5.92 Å². The standard InChI is InChI=1S/C22H23ClN2O3/c1-13(21(26)25-9-7-14(8-10-25)22(27)28-2)15-3-5-17-18-12-16(23)4-6-19(18)24-20(17)11-15/h3-6,11-14,24H,7-10H2,1-2H3. The van der Waals surface area contributed by atoms with E-state index >= 15 is 0 Å². The Balaban J connectivity index is 1.53. The number of hydrogen-bond donors (Lipinski definition) is 1. The summed E-state index contributed by atoms with van der Waals surface area (Å²) in [6.45, 7) is 3.13. The molecule has 28 heavy (non-hydrogen) atoms. The Morgan fingerprint density at radius 1 is 1.11 bits per heavy atom. The molecule has 1 aliphatic heterocycles. The van der Waals surface area contributed by atoms with Crippen LogP contribution in [0.25, 0.3) is 21.8 Å². The average molecular weight is 399 g/mol. The van der Waals surface area contributed by atoms with Crippen LogP contribution in [0.4, 0.5) is 0 Å². The zero-order chi connectivity index (χ0) is 19.8. The van der Waals surface area contributed by atoms with Gasteiger partial charge in [0.1, 0.15) is 0 Å². The third-order valence-electron chi connectivity index (χ3n) is 5.80. The van der Waals surface area contributed by atoms with E-state index in [4.69, 9.17) is 16.3 Å². The molecule has 3 aromatic rings. The van der Waals surface area contributed by atoms with Crippen molar-refractivity contribution < 1.29 is 14.3 Å². The van der Waals surface area contributed by atoms with Gasteiger partial charge < -0.3 is 14.6 Å². The van der Waals surface area contributed by atoms with Gasteiger partial charge in [0.25, 0.3) is 0 Å². The molecule has 1 N–H and O–H groups in total. The van der Waals surface area contributed by atoms with Crippen molar-refractivity contribution in [1.82, 2.24) is 9.88 Å². The van der Waals surface area contributed by atoms with Crippen LogP contribution in [-0.2, 0) is 14.3 Å². The molecule has 0 radical (unpaired) electrons. The van der Waals surface area contributed by atoms with Crippen molar-refractivity contribution in [2.24, 2.45) is 5.92 Å². The van der Waals surface area contributed by atoms with Gasteiger partial charge in [0.15, 0.2) is 0 Å². The average Bonchev–Trinajstić information content (AvgIpc) is 3.09. The number of halogens is 1. The lowest BCUT2D eigenvalue weighted by Crippen LogP contribution is -2.42. The number of aromatic nitrogens is 1. The lowest BCUT2D eigenvalue weighted by molar-refractivity contribution is -0.149. The smallest absolute Gasteiger partial charge is 0.308 e. The quantitative estimate of drug-likeness (QED) is 0.661. The van der Waals surface area contributed by atoms with E-state index < -0.39 is 0 Å². The second-order valence-corrected chi connectivity index (χ2v) is 7.90. The highest BCUT2D eigenvalue weighted by atomic mass is 35.5. The maximum Gasteiger partial charge on any atom is 0.308 e. The maximum atomic E-state index is 13.0. The number of H-pyrrole nitrogens is 1. The third kappa shape index (κ3) is 3.35. The number of rotatable bonds is 3. The summed E-state index contributed by atoms with van der Waals surface area (Å²) >= 11 is 6.13. The first-order valence-electron chi connectivity index (χ1n) is 9.55. The number of ether oxygens (including phenoxy) is 1. The summed E-state index contributed by atoms with van der Waals surface area (Å²) in [6, 6.07) is 11.9. The van der Waals surface area contributed by atoms with Crippen molar-refractivity contribution in [3.05, 3.63) is 47.0 Å². The molecule has 2 heterocycles. The van der Waals surface area contributed by atoms with Gasteiger partial charge >= 0.3 is 5.97 Å². The molecule has 1 aliphatic rings. The van der Waals surface area contributed by atoms with Gasteiger partial charge in [-0.25, -0.2) is 0 Å². The molecule has 1 unspecified atom stereocenters. The molecule has 146 valence electrons. The molecule has 1 fully saturated rings. The lowest BCUT2D eigenvalue weighted by Gasteiger charge is -2.32. The molecule has 1 aromatic heterocycles. The van der Waals surface area contributed by atoms with Crippen LogP contribution < -0.4 is 0 Å². The molecular formula is C22H23ClN2O3. The number of carbonyl (C=O) groups is 2. The number of likely N-dealkylation sites (tertiary alicyclic amines) is 1. The van der Waals surface area contributed by atoms with Gasteiger partial charge in [0.2, 0.25) is 5.91 Å². The molecule has 1 amide bonds. The summed E-state index contributed by atoms with van der Waals surface area (Å²) < 4.78 is 4.82. The Hall–Kier alpha value is -2.53. The Morgan fingerprint density at radius 3 is 2.57 bits per heavy atom. The second kappa shape index (κ2) is 7.47. The van der Waals surface area contributed by atoms with Gasteiger partial charge in [-0.05, 0) is 49.6 Å². The van der Waals surface area contributed by atoms with Gasteiger partial charge in [0.05, 0.1) is 18.9 Å². The van der Waals surface area contributed by atoms with E-state index in [9.17, 15) is 9.59 Å². The highest BCUT2D eigenvalue weighted by Crippen LogP contribution is 2.31. The number of fused-ring (bicyclic) bond motifs is 3. The van der Waals surface area contributed by atoms with Gasteiger partial charge in [-0.2, -0.15) is 0 Å². The molecule has 0 spiro atoms. The number of aromatic amines is 1. The molecule has 0 bridgehead atoms. The van der Waals surface area contributed by atoms with E-state index in [1.807, 2.05) is 48.2 Å². The van der Waals surface area contributed by atoms with Crippen molar-refractivity contribution >= 4 is 45.3 Å².